The lowest BCUT2D eigenvalue weighted by Crippen LogP contribution is -2.48. The highest BCUT2D eigenvalue weighted by atomic mass is 35.5. The molecule has 1 saturated heterocycles. The zero-order valence-electron chi connectivity index (χ0n) is 12.7. The summed E-state index contributed by atoms with van der Waals surface area (Å²) in [7, 11) is 0. The van der Waals surface area contributed by atoms with Gasteiger partial charge in [-0.05, 0) is 36.5 Å². The SMILES string of the molecule is Cl.O=C(CCC(=O)c1ccc2c(c1)CCC2)NCC1CNC1. The summed E-state index contributed by atoms with van der Waals surface area (Å²) in [5, 5.41) is 6.07. The second-order valence-corrected chi connectivity index (χ2v) is 6.09. The van der Waals surface area contributed by atoms with E-state index in [1.807, 2.05) is 12.1 Å². The van der Waals surface area contributed by atoms with Crippen LogP contribution in [0.25, 0.3) is 0 Å². The van der Waals surface area contributed by atoms with Crippen LogP contribution in [0.1, 0.15) is 40.7 Å². The molecule has 0 unspecified atom stereocenters. The molecule has 3 rings (SSSR count). The quantitative estimate of drug-likeness (QED) is 0.786. The predicted octanol–water partition coefficient (Wildman–Crippen LogP) is 1.90. The molecule has 0 bridgehead atoms. The van der Waals surface area contributed by atoms with Crippen molar-refractivity contribution in [2.45, 2.75) is 32.1 Å². The highest BCUT2D eigenvalue weighted by Gasteiger charge is 2.18. The molecule has 1 aromatic rings. The van der Waals surface area contributed by atoms with Crippen molar-refractivity contribution in [2.24, 2.45) is 5.92 Å². The number of Topliss-reactive ketones (excluding diaryl/α,β-unsaturated/α-hetero) is 1. The summed E-state index contributed by atoms with van der Waals surface area (Å²) in [5.41, 5.74) is 3.44. The average Bonchev–Trinajstić information content (AvgIpc) is 2.90. The van der Waals surface area contributed by atoms with Gasteiger partial charge in [-0.15, -0.1) is 12.4 Å². The van der Waals surface area contributed by atoms with E-state index in [0.717, 1.165) is 38.0 Å². The Hall–Kier alpha value is -1.39. The smallest absolute Gasteiger partial charge is 0.220 e. The van der Waals surface area contributed by atoms with E-state index in [9.17, 15) is 9.59 Å². The zero-order valence-corrected chi connectivity index (χ0v) is 13.5. The fraction of sp³-hybridized carbons (Fsp3) is 0.529. The molecule has 22 heavy (non-hydrogen) atoms. The number of ketones is 1. The summed E-state index contributed by atoms with van der Waals surface area (Å²) in [6, 6.07) is 5.99. The highest BCUT2D eigenvalue weighted by molar-refractivity contribution is 5.98. The number of rotatable bonds is 6. The van der Waals surface area contributed by atoms with Crippen LogP contribution < -0.4 is 10.6 Å². The van der Waals surface area contributed by atoms with Crippen LogP contribution in [0.3, 0.4) is 0 Å². The van der Waals surface area contributed by atoms with E-state index in [4.69, 9.17) is 0 Å². The molecule has 0 atom stereocenters. The Morgan fingerprint density at radius 2 is 1.91 bits per heavy atom. The second-order valence-electron chi connectivity index (χ2n) is 6.09. The van der Waals surface area contributed by atoms with Gasteiger partial charge in [-0.3, -0.25) is 9.59 Å². The third-order valence-corrected chi connectivity index (χ3v) is 4.45. The van der Waals surface area contributed by atoms with Crippen LogP contribution in [0, 0.1) is 5.92 Å². The molecule has 1 fully saturated rings. The van der Waals surface area contributed by atoms with Gasteiger partial charge in [0.2, 0.25) is 5.91 Å². The summed E-state index contributed by atoms with van der Waals surface area (Å²) in [6.07, 6.45) is 3.98. The minimum Gasteiger partial charge on any atom is -0.356 e. The Balaban J connectivity index is 0.00000176. The maximum absolute atomic E-state index is 12.2. The monoisotopic (exact) mass is 322 g/mol. The Bertz CT molecular complexity index is 556. The van der Waals surface area contributed by atoms with Gasteiger partial charge in [-0.1, -0.05) is 12.1 Å². The summed E-state index contributed by atoms with van der Waals surface area (Å²) in [4.78, 5) is 23.9. The van der Waals surface area contributed by atoms with Gasteiger partial charge in [0.05, 0.1) is 0 Å². The molecule has 4 nitrogen and oxygen atoms in total. The first-order valence-corrected chi connectivity index (χ1v) is 7.85. The molecule has 0 saturated carbocycles. The van der Waals surface area contributed by atoms with Gasteiger partial charge in [0, 0.05) is 44.0 Å². The number of carbonyl (C=O) groups is 2. The van der Waals surface area contributed by atoms with Gasteiger partial charge in [-0.2, -0.15) is 0 Å². The number of fused-ring (bicyclic) bond motifs is 1. The molecule has 0 radical (unpaired) electrons. The number of benzene rings is 1. The van der Waals surface area contributed by atoms with E-state index >= 15 is 0 Å². The molecular formula is C17H23ClN2O2. The molecule has 120 valence electrons. The van der Waals surface area contributed by atoms with Gasteiger partial charge in [0.15, 0.2) is 5.78 Å². The van der Waals surface area contributed by atoms with Gasteiger partial charge in [-0.25, -0.2) is 0 Å². The lowest BCUT2D eigenvalue weighted by atomic mass is 10.0. The number of nitrogens with one attached hydrogen (secondary N) is 2. The van der Waals surface area contributed by atoms with Crippen LogP contribution >= 0.6 is 12.4 Å². The number of carbonyl (C=O) groups excluding carboxylic acids is 2. The summed E-state index contributed by atoms with van der Waals surface area (Å²) in [5.74, 6) is 0.614. The average molecular weight is 323 g/mol. The number of hydrogen-bond donors (Lipinski definition) is 2. The number of hydrogen-bond acceptors (Lipinski definition) is 3. The van der Waals surface area contributed by atoms with Crippen LogP contribution in [-0.4, -0.2) is 31.3 Å². The summed E-state index contributed by atoms with van der Waals surface area (Å²) < 4.78 is 0. The molecule has 1 aliphatic carbocycles. The van der Waals surface area contributed by atoms with Crippen molar-refractivity contribution in [3.05, 3.63) is 34.9 Å². The fourth-order valence-electron chi connectivity index (χ4n) is 2.96. The molecule has 1 aromatic carbocycles. The van der Waals surface area contributed by atoms with Crippen molar-refractivity contribution in [3.63, 3.8) is 0 Å². The highest BCUT2D eigenvalue weighted by Crippen LogP contribution is 2.23. The minimum atomic E-state index is -0.0172. The Morgan fingerprint density at radius 1 is 1.14 bits per heavy atom. The van der Waals surface area contributed by atoms with E-state index in [1.165, 1.54) is 17.5 Å². The molecule has 5 heteroatoms. The third kappa shape index (κ3) is 4.08. The van der Waals surface area contributed by atoms with Crippen LogP contribution in [0.4, 0.5) is 0 Å². The third-order valence-electron chi connectivity index (χ3n) is 4.45. The maximum atomic E-state index is 12.2. The maximum Gasteiger partial charge on any atom is 0.220 e. The van der Waals surface area contributed by atoms with Crippen LogP contribution in [0.5, 0.6) is 0 Å². The zero-order chi connectivity index (χ0) is 14.7. The fourth-order valence-corrected chi connectivity index (χ4v) is 2.96. The first kappa shape index (κ1) is 17.0. The Morgan fingerprint density at radius 3 is 2.64 bits per heavy atom. The van der Waals surface area contributed by atoms with E-state index in [0.29, 0.717) is 12.3 Å². The van der Waals surface area contributed by atoms with Crippen LogP contribution in [0.15, 0.2) is 18.2 Å². The molecule has 1 amide bonds. The largest absolute Gasteiger partial charge is 0.356 e. The lowest BCUT2D eigenvalue weighted by Gasteiger charge is -2.27. The second kappa shape index (κ2) is 7.75. The normalized spacial score (nSPS) is 16.4. The van der Waals surface area contributed by atoms with Crippen molar-refractivity contribution >= 4 is 24.1 Å². The van der Waals surface area contributed by atoms with E-state index in [-0.39, 0.29) is 30.5 Å². The molecule has 1 aliphatic heterocycles. The summed E-state index contributed by atoms with van der Waals surface area (Å²) >= 11 is 0. The van der Waals surface area contributed by atoms with Crippen molar-refractivity contribution in [2.75, 3.05) is 19.6 Å². The molecular weight excluding hydrogens is 300 g/mol. The van der Waals surface area contributed by atoms with E-state index in [2.05, 4.69) is 16.7 Å². The van der Waals surface area contributed by atoms with Crippen LogP contribution in [0.2, 0.25) is 0 Å². The molecule has 0 spiro atoms. The number of halogens is 1. The molecule has 2 N–H and O–H groups in total. The van der Waals surface area contributed by atoms with Gasteiger partial charge >= 0.3 is 0 Å². The van der Waals surface area contributed by atoms with Crippen molar-refractivity contribution in [1.29, 1.82) is 0 Å². The van der Waals surface area contributed by atoms with Crippen LogP contribution in [-0.2, 0) is 17.6 Å². The molecule has 2 aliphatic rings. The number of amides is 1. The predicted molar refractivity (Wildman–Crippen MR) is 88.6 cm³/mol. The Kier molecular flexibility index (Phi) is 5.98. The van der Waals surface area contributed by atoms with Crippen molar-refractivity contribution in [1.82, 2.24) is 10.6 Å². The van der Waals surface area contributed by atoms with Gasteiger partial charge in [0.25, 0.3) is 0 Å². The number of aryl methyl sites for hydroxylation is 2. The summed E-state index contributed by atoms with van der Waals surface area (Å²) in [6.45, 7) is 2.68. The van der Waals surface area contributed by atoms with Gasteiger partial charge < -0.3 is 10.6 Å². The topological polar surface area (TPSA) is 58.2 Å². The van der Waals surface area contributed by atoms with E-state index in [1.54, 1.807) is 0 Å². The molecule has 1 heterocycles. The molecule has 0 aromatic heterocycles. The Labute approximate surface area is 137 Å². The first-order valence-electron chi connectivity index (χ1n) is 7.85. The lowest BCUT2D eigenvalue weighted by molar-refractivity contribution is -0.121. The van der Waals surface area contributed by atoms with Crippen molar-refractivity contribution in [3.8, 4) is 0 Å². The van der Waals surface area contributed by atoms with E-state index < -0.39 is 0 Å². The van der Waals surface area contributed by atoms with Crippen molar-refractivity contribution < 1.29 is 9.59 Å². The standard InChI is InChI=1S/C17H22N2O2.ClH/c20-16(6-7-17(21)19-11-12-9-18-10-12)15-5-4-13-2-1-3-14(13)8-15;/h4-5,8,12,18H,1-3,6-7,9-11H2,(H,19,21);1H. The minimum absolute atomic E-state index is 0. The first-order chi connectivity index (χ1) is 10.2. The van der Waals surface area contributed by atoms with Gasteiger partial charge in [0.1, 0.15) is 0 Å².